The summed E-state index contributed by atoms with van der Waals surface area (Å²) in [7, 11) is 0. The summed E-state index contributed by atoms with van der Waals surface area (Å²) in [5, 5.41) is 10.5. The van der Waals surface area contributed by atoms with Crippen LogP contribution >= 0.6 is 0 Å². The van der Waals surface area contributed by atoms with E-state index in [0.29, 0.717) is 31.3 Å². The topological polar surface area (TPSA) is 79.3 Å². The van der Waals surface area contributed by atoms with Gasteiger partial charge in [0.05, 0.1) is 12.5 Å². The highest BCUT2D eigenvalue weighted by molar-refractivity contribution is 5.79. The number of likely N-dealkylation sites (tertiary alicyclic amines) is 1. The van der Waals surface area contributed by atoms with Crippen LogP contribution in [0.5, 0.6) is 11.5 Å². The number of unbranched alkanes of at least 4 members (excludes halogenated alkanes) is 2. The highest BCUT2D eigenvalue weighted by atomic mass is 16.6. The van der Waals surface area contributed by atoms with E-state index in [-0.39, 0.29) is 18.4 Å². The number of carbonyl (C=O) groups excluding carboxylic acids is 1. The van der Waals surface area contributed by atoms with Crippen LogP contribution in [0.3, 0.4) is 0 Å². The van der Waals surface area contributed by atoms with E-state index in [9.17, 15) is 14.7 Å². The predicted octanol–water partition coefficient (Wildman–Crippen LogP) is 5.29. The smallest absolute Gasteiger partial charge is 0.309 e. The largest absolute Gasteiger partial charge is 0.486 e. The third-order valence-electron chi connectivity index (χ3n) is 7.86. The van der Waals surface area contributed by atoms with Crippen molar-refractivity contribution >= 4 is 11.9 Å². The van der Waals surface area contributed by atoms with Crippen molar-refractivity contribution in [2.75, 3.05) is 39.4 Å². The zero-order chi connectivity index (χ0) is 27.1. The Kier molecular flexibility index (Phi) is 9.67. The maximum Gasteiger partial charge on any atom is 0.309 e. The molecule has 1 saturated heterocycles. The molecule has 3 atom stereocenters. The first-order chi connectivity index (χ1) is 18.5. The highest BCUT2D eigenvalue weighted by Crippen LogP contribution is 2.47. The molecule has 2 aromatic rings. The molecule has 206 valence electrons. The number of benzene rings is 2. The number of nitrogens with zero attached hydrogens (tertiary/aromatic N) is 2. The molecular weight excluding hydrogens is 480 g/mol. The molecule has 2 aliphatic rings. The zero-order valence-corrected chi connectivity index (χ0v) is 23.0. The van der Waals surface area contributed by atoms with Gasteiger partial charge in [-0.3, -0.25) is 14.5 Å². The third-order valence-corrected chi connectivity index (χ3v) is 7.86. The van der Waals surface area contributed by atoms with Crippen LogP contribution in [0, 0.1) is 5.92 Å². The molecule has 4 rings (SSSR count). The Balaban J connectivity index is 1.68. The van der Waals surface area contributed by atoms with E-state index in [1.165, 1.54) is 5.56 Å². The van der Waals surface area contributed by atoms with Gasteiger partial charge in [0.15, 0.2) is 11.5 Å². The lowest BCUT2D eigenvalue weighted by Gasteiger charge is -2.30. The number of aliphatic carboxylic acids is 1. The van der Waals surface area contributed by atoms with Crippen LogP contribution in [0.15, 0.2) is 42.5 Å². The molecule has 3 unspecified atom stereocenters. The molecule has 2 heterocycles. The van der Waals surface area contributed by atoms with Crippen molar-refractivity contribution in [3.63, 3.8) is 0 Å². The molecule has 0 aromatic heterocycles. The summed E-state index contributed by atoms with van der Waals surface area (Å²) >= 11 is 0. The molecule has 7 heteroatoms. The van der Waals surface area contributed by atoms with Crippen molar-refractivity contribution in [2.24, 2.45) is 5.92 Å². The quantitative estimate of drug-likeness (QED) is 0.408. The molecule has 1 amide bonds. The Hall–Kier alpha value is -3.06. The van der Waals surface area contributed by atoms with Gasteiger partial charge in [0.25, 0.3) is 0 Å². The summed E-state index contributed by atoms with van der Waals surface area (Å²) in [5.41, 5.74) is 3.05. The number of carbonyl (C=O) groups is 2. The average Bonchev–Trinajstić information content (AvgIpc) is 3.32. The van der Waals surface area contributed by atoms with Gasteiger partial charge in [-0.1, -0.05) is 63.9 Å². The van der Waals surface area contributed by atoms with E-state index >= 15 is 0 Å². The van der Waals surface area contributed by atoms with E-state index in [2.05, 4.69) is 37.8 Å². The maximum atomic E-state index is 13.6. The van der Waals surface area contributed by atoms with Gasteiger partial charge in [-0.05, 0) is 48.1 Å². The molecule has 2 aromatic carbocycles. The van der Waals surface area contributed by atoms with Gasteiger partial charge in [-0.25, -0.2) is 0 Å². The van der Waals surface area contributed by atoms with Gasteiger partial charge in [0, 0.05) is 31.6 Å². The first kappa shape index (κ1) is 28.0. The number of carboxylic acid groups (broad SMARTS) is 1. The van der Waals surface area contributed by atoms with Crippen LogP contribution in [0.2, 0.25) is 0 Å². The Bertz CT molecular complexity index is 1080. The molecule has 0 bridgehead atoms. The Labute approximate surface area is 226 Å². The summed E-state index contributed by atoms with van der Waals surface area (Å²) in [6.45, 7) is 9.53. The molecule has 2 aliphatic heterocycles. The molecule has 0 radical (unpaired) electrons. The second-order valence-electron chi connectivity index (χ2n) is 10.4. The van der Waals surface area contributed by atoms with Gasteiger partial charge in [-0.2, -0.15) is 0 Å². The van der Waals surface area contributed by atoms with Crippen molar-refractivity contribution in [1.82, 2.24) is 9.80 Å². The lowest BCUT2D eigenvalue weighted by molar-refractivity contribution is -0.144. The van der Waals surface area contributed by atoms with Crippen molar-refractivity contribution < 1.29 is 24.2 Å². The average molecular weight is 523 g/mol. The van der Waals surface area contributed by atoms with E-state index in [1.54, 1.807) is 0 Å². The van der Waals surface area contributed by atoms with Crippen molar-refractivity contribution in [3.05, 3.63) is 59.2 Å². The van der Waals surface area contributed by atoms with Crippen molar-refractivity contribution in [3.8, 4) is 11.5 Å². The molecule has 0 saturated carbocycles. The van der Waals surface area contributed by atoms with Crippen LogP contribution < -0.4 is 9.47 Å². The van der Waals surface area contributed by atoms with Crippen LogP contribution in [-0.2, 0) is 16.0 Å². The molecule has 7 nitrogen and oxygen atoms in total. The summed E-state index contributed by atoms with van der Waals surface area (Å²) < 4.78 is 11.5. The summed E-state index contributed by atoms with van der Waals surface area (Å²) in [5.74, 6) is -0.413. The lowest BCUT2D eigenvalue weighted by Crippen LogP contribution is -2.42. The fourth-order valence-corrected chi connectivity index (χ4v) is 5.70. The SMILES string of the molecule is CCCCN(CCCC)C(=O)CN1CC(c2ccc3c(c2)OCCO3)C(C(=O)O)C1c1ccc(CC)cc1. The summed E-state index contributed by atoms with van der Waals surface area (Å²) in [4.78, 5) is 30.5. The number of ether oxygens (including phenoxy) is 2. The first-order valence-corrected chi connectivity index (χ1v) is 14.2. The molecule has 0 spiro atoms. The summed E-state index contributed by atoms with van der Waals surface area (Å²) in [6, 6.07) is 13.6. The van der Waals surface area contributed by atoms with Gasteiger partial charge in [-0.15, -0.1) is 0 Å². The van der Waals surface area contributed by atoms with E-state index in [0.717, 1.165) is 56.3 Å². The number of aryl methyl sites for hydroxylation is 1. The van der Waals surface area contributed by atoms with E-state index < -0.39 is 17.9 Å². The number of rotatable bonds is 12. The zero-order valence-electron chi connectivity index (χ0n) is 23.0. The normalized spacial score (nSPS) is 20.9. The molecule has 0 aliphatic carbocycles. The molecule has 1 N–H and O–H groups in total. The van der Waals surface area contributed by atoms with Crippen LogP contribution in [-0.4, -0.2) is 66.2 Å². The molecule has 38 heavy (non-hydrogen) atoms. The minimum absolute atomic E-state index is 0.0778. The summed E-state index contributed by atoms with van der Waals surface area (Å²) in [6.07, 6.45) is 4.90. The van der Waals surface area contributed by atoms with E-state index in [1.807, 2.05) is 35.2 Å². The Morgan fingerprint density at radius 3 is 2.16 bits per heavy atom. The predicted molar refractivity (Wildman–Crippen MR) is 148 cm³/mol. The number of fused-ring (bicyclic) bond motifs is 1. The van der Waals surface area contributed by atoms with Gasteiger partial charge in [0.1, 0.15) is 13.2 Å². The number of carboxylic acids is 1. The second-order valence-corrected chi connectivity index (χ2v) is 10.4. The molecular formula is C31H42N2O5. The van der Waals surface area contributed by atoms with Crippen LogP contribution in [0.1, 0.15) is 75.1 Å². The maximum absolute atomic E-state index is 13.6. The van der Waals surface area contributed by atoms with Gasteiger partial charge in [0.2, 0.25) is 5.91 Å². The number of hydrogen-bond donors (Lipinski definition) is 1. The van der Waals surface area contributed by atoms with Crippen molar-refractivity contribution in [1.29, 1.82) is 0 Å². The fourth-order valence-electron chi connectivity index (χ4n) is 5.70. The number of hydrogen-bond acceptors (Lipinski definition) is 5. The minimum atomic E-state index is -0.849. The number of amides is 1. The fraction of sp³-hybridized carbons (Fsp3) is 0.548. The van der Waals surface area contributed by atoms with Gasteiger partial charge >= 0.3 is 5.97 Å². The van der Waals surface area contributed by atoms with Crippen LogP contribution in [0.25, 0.3) is 0 Å². The lowest BCUT2D eigenvalue weighted by atomic mass is 9.82. The monoisotopic (exact) mass is 522 g/mol. The molecule has 1 fully saturated rings. The highest BCUT2D eigenvalue weighted by Gasteiger charge is 2.48. The van der Waals surface area contributed by atoms with E-state index in [4.69, 9.17) is 9.47 Å². The van der Waals surface area contributed by atoms with Crippen LogP contribution in [0.4, 0.5) is 0 Å². The second kappa shape index (κ2) is 13.1. The first-order valence-electron chi connectivity index (χ1n) is 14.2. The van der Waals surface area contributed by atoms with Crippen molar-refractivity contribution in [2.45, 2.75) is 64.8 Å². The van der Waals surface area contributed by atoms with Gasteiger partial charge < -0.3 is 19.5 Å². The Morgan fingerprint density at radius 2 is 1.55 bits per heavy atom. The Morgan fingerprint density at radius 1 is 0.921 bits per heavy atom. The standard InChI is InChI=1S/C31H42N2O5/c1-4-7-15-32(16-8-5-2)28(34)21-33-20-25(24-13-14-26-27(19-24)38-18-17-37-26)29(31(35)36)30(33)23-11-9-22(6-3)10-12-23/h9-14,19,25,29-30H,4-8,15-18,20-21H2,1-3H3,(H,35,36). The third kappa shape index (κ3) is 6.32. The minimum Gasteiger partial charge on any atom is -0.486 e.